The van der Waals surface area contributed by atoms with Gasteiger partial charge in [-0.1, -0.05) is 30.3 Å². The van der Waals surface area contributed by atoms with Crippen LogP contribution in [-0.4, -0.2) is 55.0 Å². The third-order valence-corrected chi connectivity index (χ3v) is 4.15. The molecule has 2 rings (SSSR count). The Kier molecular flexibility index (Phi) is 7.15. The van der Waals surface area contributed by atoms with Crippen molar-refractivity contribution < 1.29 is 40.7 Å². The van der Waals surface area contributed by atoms with Crippen LogP contribution in [0.25, 0.3) is 6.08 Å². The maximum absolute atomic E-state index is 12.5. The van der Waals surface area contributed by atoms with Gasteiger partial charge in [0.1, 0.15) is 0 Å². The first-order valence-corrected chi connectivity index (χ1v) is 8.57. The Morgan fingerprint density at radius 3 is 2.34 bits per heavy atom. The highest BCUT2D eigenvalue weighted by Crippen LogP contribution is 2.36. The van der Waals surface area contributed by atoms with E-state index >= 15 is 0 Å². The van der Waals surface area contributed by atoms with Gasteiger partial charge in [0.25, 0.3) is 6.10 Å². The lowest BCUT2D eigenvalue weighted by atomic mass is 10.1. The summed E-state index contributed by atoms with van der Waals surface area (Å²) >= 11 is 0. The Balaban J connectivity index is 1.81. The molecule has 1 aliphatic heterocycles. The number of halogens is 6. The molecule has 1 N–H and O–H groups in total. The fourth-order valence-corrected chi connectivity index (χ4v) is 2.70. The fraction of sp³-hybridized carbons (Fsp3) is 0.444. The van der Waals surface area contributed by atoms with Crippen molar-refractivity contribution in [2.75, 3.05) is 19.6 Å². The number of hydrogen-bond donors (Lipinski definition) is 1. The fourth-order valence-electron chi connectivity index (χ4n) is 2.70. The first-order chi connectivity index (χ1) is 13.5. The first kappa shape index (κ1) is 22.6. The summed E-state index contributed by atoms with van der Waals surface area (Å²) in [5.41, 5.74) is 0.807. The van der Waals surface area contributed by atoms with Crippen molar-refractivity contribution in [1.82, 2.24) is 10.2 Å². The van der Waals surface area contributed by atoms with E-state index in [0.29, 0.717) is 6.42 Å². The molecule has 5 nitrogen and oxygen atoms in total. The van der Waals surface area contributed by atoms with Gasteiger partial charge in [-0.05, 0) is 24.0 Å². The van der Waals surface area contributed by atoms with Gasteiger partial charge in [-0.15, -0.1) is 0 Å². The van der Waals surface area contributed by atoms with E-state index in [1.165, 1.54) is 6.08 Å². The van der Waals surface area contributed by atoms with Gasteiger partial charge < -0.3 is 15.0 Å². The summed E-state index contributed by atoms with van der Waals surface area (Å²) in [4.78, 5) is 24.3. The normalized spacial score (nSPS) is 17.8. The molecule has 0 radical (unpaired) electrons. The lowest BCUT2D eigenvalue weighted by molar-refractivity contribution is -0.308. The molecule has 1 atom stereocenters. The molecule has 1 unspecified atom stereocenters. The number of alkyl halides is 6. The van der Waals surface area contributed by atoms with Crippen molar-refractivity contribution in [2.45, 2.75) is 24.9 Å². The second kappa shape index (κ2) is 9.19. The van der Waals surface area contributed by atoms with Crippen molar-refractivity contribution in [3.05, 3.63) is 42.0 Å². The van der Waals surface area contributed by atoms with Crippen LogP contribution in [0.3, 0.4) is 0 Å². The van der Waals surface area contributed by atoms with Crippen LogP contribution in [0.5, 0.6) is 0 Å². The van der Waals surface area contributed by atoms with Crippen LogP contribution in [-0.2, 0) is 9.53 Å². The molecule has 1 fully saturated rings. The molecule has 0 aliphatic carbocycles. The van der Waals surface area contributed by atoms with Gasteiger partial charge in [-0.25, -0.2) is 4.79 Å². The Hall–Kier alpha value is -2.72. The number of carbonyl (C=O) groups is 2. The van der Waals surface area contributed by atoms with Crippen molar-refractivity contribution >= 4 is 18.1 Å². The predicted octanol–water partition coefficient (Wildman–Crippen LogP) is 3.77. The lowest BCUT2D eigenvalue weighted by Gasteiger charge is -2.25. The highest BCUT2D eigenvalue weighted by atomic mass is 19.4. The van der Waals surface area contributed by atoms with Gasteiger partial charge in [0.15, 0.2) is 0 Å². The molecule has 0 aromatic heterocycles. The van der Waals surface area contributed by atoms with Crippen LogP contribution in [0, 0.1) is 5.92 Å². The minimum absolute atomic E-state index is 0.0678. The number of likely N-dealkylation sites (tertiary alicyclic amines) is 1. The third-order valence-electron chi connectivity index (χ3n) is 4.15. The zero-order chi connectivity index (χ0) is 21.7. The summed E-state index contributed by atoms with van der Waals surface area (Å²) < 4.78 is 78.5. The SMILES string of the molecule is O=C(C=Cc1ccccc1)NCC1CCN(C(=O)OC(C(F)(F)F)C(F)(F)F)C1. The Bertz CT molecular complexity index is 719. The number of rotatable bonds is 5. The second-order valence-electron chi connectivity index (χ2n) is 6.44. The summed E-state index contributed by atoms with van der Waals surface area (Å²) in [5.74, 6) is -0.726. The molecule has 29 heavy (non-hydrogen) atoms. The molecule has 11 heteroatoms. The average molecular weight is 424 g/mol. The topological polar surface area (TPSA) is 58.6 Å². The molecule has 1 aromatic rings. The Morgan fingerprint density at radius 2 is 1.76 bits per heavy atom. The van der Waals surface area contributed by atoms with E-state index in [4.69, 9.17) is 0 Å². The Morgan fingerprint density at radius 1 is 1.14 bits per heavy atom. The summed E-state index contributed by atoms with van der Waals surface area (Å²) in [5, 5.41) is 2.58. The monoisotopic (exact) mass is 424 g/mol. The number of nitrogens with one attached hydrogen (secondary N) is 1. The molecule has 0 bridgehead atoms. The summed E-state index contributed by atoms with van der Waals surface area (Å²) in [7, 11) is 0. The maximum atomic E-state index is 12.5. The van der Waals surface area contributed by atoms with Crippen molar-refractivity contribution in [2.24, 2.45) is 5.92 Å². The number of hydrogen-bond acceptors (Lipinski definition) is 3. The highest BCUT2D eigenvalue weighted by Gasteiger charge is 2.60. The van der Waals surface area contributed by atoms with Gasteiger partial charge in [0.2, 0.25) is 5.91 Å². The largest absolute Gasteiger partial charge is 0.434 e. The van der Waals surface area contributed by atoms with Crippen molar-refractivity contribution in [3.63, 3.8) is 0 Å². The minimum Gasteiger partial charge on any atom is -0.426 e. The van der Waals surface area contributed by atoms with Gasteiger partial charge in [-0.2, -0.15) is 26.3 Å². The predicted molar refractivity (Wildman–Crippen MR) is 90.5 cm³/mol. The number of ether oxygens (including phenoxy) is 1. The number of amides is 2. The number of nitrogens with zero attached hydrogens (tertiary/aromatic N) is 1. The molecular weight excluding hydrogens is 406 g/mol. The number of benzene rings is 1. The van der Waals surface area contributed by atoms with Crippen LogP contribution < -0.4 is 5.32 Å². The van der Waals surface area contributed by atoms with Crippen LogP contribution in [0.1, 0.15) is 12.0 Å². The highest BCUT2D eigenvalue weighted by molar-refractivity contribution is 5.91. The van der Waals surface area contributed by atoms with Crippen LogP contribution >= 0.6 is 0 Å². The van der Waals surface area contributed by atoms with E-state index < -0.39 is 30.5 Å². The standard InChI is InChI=1S/C18H18F6N2O3/c19-17(20,21)15(18(22,23)24)29-16(28)26-9-8-13(11-26)10-25-14(27)7-6-12-4-2-1-3-5-12/h1-7,13,15H,8-11H2,(H,25,27). The van der Waals surface area contributed by atoms with Gasteiger partial charge in [0.05, 0.1) is 0 Å². The molecule has 1 heterocycles. The summed E-state index contributed by atoms with van der Waals surface area (Å²) in [6.45, 7) is -0.0741. The number of carbonyl (C=O) groups excluding carboxylic acids is 2. The molecule has 2 amide bonds. The molecular formula is C18H18F6N2O3. The zero-order valence-electron chi connectivity index (χ0n) is 15.0. The van der Waals surface area contributed by atoms with Crippen LogP contribution in [0.4, 0.5) is 31.1 Å². The molecule has 160 valence electrons. The van der Waals surface area contributed by atoms with Gasteiger partial charge in [0, 0.05) is 25.7 Å². The third kappa shape index (κ3) is 6.99. The van der Waals surface area contributed by atoms with E-state index in [9.17, 15) is 35.9 Å². The van der Waals surface area contributed by atoms with E-state index in [2.05, 4.69) is 10.1 Å². The van der Waals surface area contributed by atoms with E-state index in [1.807, 2.05) is 6.07 Å². The summed E-state index contributed by atoms with van der Waals surface area (Å²) in [6, 6.07) is 9.00. The summed E-state index contributed by atoms with van der Waals surface area (Å²) in [6.07, 6.45) is -14.2. The zero-order valence-corrected chi connectivity index (χ0v) is 15.0. The average Bonchev–Trinajstić information content (AvgIpc) is 3.10. The van der Waals surface area contributed by atoms with E-state index in [0.717, 1.165) is 10.5 Å². The van der Waals surface area contributed by atoms with Crippen LogP contribution in [0.2, 0.25) is 0 Å². The smallest absolute Gasteiger partial charge is 0.426 e. The quantitative estimate of drug-likeness (QED) is 0.579. The molecule has 1 aromatic carbocycles. The maximum Gasteiger partial charge on any atom is 0.434 e. The molecule has 1 saturated heterocycles. The molecule has 0 saturated carbocycles. The van der Waals surface area contributed by atoms with E-state index in [-0.39, 0.29) is 25.6 Å². The van der Waals surface area contributed by atoms with Crippen molar-refractivity contribution in [3.8, 4) is 0 Å². The van der Waals surface area contributed by atoms with E-state index in [1.54, 1.807) is 30.3 Å². The van der Waals surface area contributed by atoms with Crippen molar-refractivity contribution in [1.29, 1.82) is 0 Å². The lowest BCUT2D eigenvalue weighted by Crippen LogP contribution is -2.48. The van der Waals surface area contributed by atoms with Crippen LogP contribution in [0.15, 0.2) is 36.4 Å². The van der Waals surface area contributed by atoms with Gasteiger partial charge in [-0.3, -0.25) is 4.79 Å². The minimum atomic E-state index is -5.76. The molecule has 0 spiro atoms. The van der Waals surface area contributed by atoms with Gasteiger partial charge >= 0.3 is 18.4 Å². The first-order valence-electron chi connectivity index (χ1n) is 8.57. The molecule has 1 aliphatic rings. The Labute approximate surface area is 162 Å². The second-order valence-corrected chi connectivity index (χ2v) is 6.44.